The average molecular weight is 190 g/mol. The van der Waals surface area contributed by atoms with Gasteiger partial charge in [-0.3, -0.25) is 0 Å². The summed E-state index contributed by atoms with van der Waals surface area (Å²) >= 11 is 0. The normalized spacial score (nSPS) is 29.1. The molecule has 0 spiro atoms. The molecule has 2 aliphatic rings. The second-order valence-electron chi connectivity index (χ2n) is 4.27. The molecule has 1 heterocycles. The van der Waals surface area contributed by atoms with Gasteiger partial charge in [0.05, 0.1) is 0 Å². The smallest absolute Gasteiger partial charge is 0.123 e. The van der Waals surface area contributed by atoms with E-state index < -0.39 is 0 Å². The summed E-state index contributed by atoms with van der Waals surface area (Å²) in [5, 5.41) is 9.43. The Morgan fingerprint density at radius 2 is 2.07 bits per heavy atom. The van der Waals surface area contributed by atoms with Crippen molar-refractivity contribution in [2.24, 2.45) is 0 Å². The van der Waals surface area contributed by atoms with Gasteiger partial charge in [0.15, 0.2) is 0 Å². The predicted octanol–water partition coefficient (Wildman–Crippen LogP) is 2.81. The largest absolute Gasteiger partial charge is 0.508 e. The second-order valence-corrected chi connectivity index (χ2v) is 4.27. The number of hydrogen-bond donors (Lipinski definition) is 1. The third-order valence-corrected chi connectivity index (χ3v) is 3.37. The van der Waals surface area contributed by atoms with Gasteiger partial charge in [0.25, 0.3) is 0 Å². The van der Waals surface area contributed by atoms with Crippen LogP contribution in [0.5, 0.6) is 11.5 Å². The quantitative estimate of drug-likeness (QED) is 0.681. The van der Waals surface area contributed by atoms with Crippen LogP contribution < -0.4 is 4.74 Å². The summed E-state index contributed by atoms with van der Waals surface area (Å²) in [6, 6.07) is 5.46. The molecule has 14 heavy (non-hydrogen) atoms. The first-order valence-electron chi connectivity index (χ1n) is 5.34. The lowest BCUT2D eigenvalue weighted by Crippen LogP contribution is -2.22. The number of fused-ring (bicyclic) bond motifs is 3. The molecule has 2 unspecified atom stereocenters. The van der Waals surface area contributed by atoms with Crippen LogP contribution in [0, 0.1) is 0 Å². The maximum atomic E-state index is 9.43. The Morgan fingerprint density at radius 1 is 1.21 bits per heavy atom. The number of ether oxygens (including phenoxy) is 1. The van der Waals surface area contributed by atoms with Crippen LogP contribution in [0.2, 0.25) is 0 Å². The fourth-order valence-electron chi connectivity index (χ4n) is 2.69. The van der Waals surface area contributed by atoms with E-state index in [0.29, 0.717) is 17.8 Å². The van der Waals surface area contributed by atoms with Crippen LogP contribution in [-0.4, -0.2) is 11.2 Å². The van der Waals surface area contributed by atoms with Gasteiger partial charge in [-0.15, -0.1) is 0 Å². The molecular weight excluding hydrogens is 176 g/mol. The summed E-state index contributed by atoms with van der Waals surface area (Å²) in [5.74, 6) is 1.88. The molecule has 74 valence electrons. The fourth-order valence-corrected chi connectivity index (χ4v) is 2.69. The Kier molecular flexibility index (Phi) is 1.69. The SMILES string of the molecule is Oc1ccc2c(c1)C1CCCCC1O2. The number of phenols is 1. The van der Waals surface area contributed by atoms with Gasteiger partial charge < -0.3 is 9.84 Å². The van der Waals surface area contributed by atoms with Crippen LogP contribution in [0.25, 0.3) is 0 Å². The zero-order valence-electron chi connectivity index (χ0n) is 8.07. The van der Waals surface area contributed by atoms with E-state index in [0.717, 1.165) is 5.75 Å². The van der Waals surface area contributed by atoms with Crippen molar-refractivity contribution in [3.8, 4) is 11.5 Å². The maximum Gasteiger partial charge on any atom is 0.123 e. The fraction of sp³-hybridized carbons (Fsp3) is 0.500. The van der Waals surface area contributed by atoms with Crippen molar-refractivity contribution in [3.05, 3.63) is 23.8 Å². The highest BCUT2D eigenvalue weighted by Gasteiger charge is 2.35. The second kappa shape index (κ2) is 2.91. The number of rotatable bonds is 0. The van der Waals surface area contributed by atoms with Gasteiger partial charge >= 0.3 is 0 Å². The van der Waals surface area contributed by atoms with Gasteiger partial charge in [-0.25, -0.2) is 0 Å². The number of aromatic hydroxyl groups is 1. The lowest BCUT2D eigenvalue weighted by molar-refractivity contribution is 0.164. The van der Waals surface area contributed by atoms with Crippen LogP contribution >= 0.6 is 0 Å². The lowest BCUT2D eigenvalue weighted by atomic mass is 9.83. The summed E-state index contributed by atoms with van der Waals surface area (Å²) in [5.41, 5.74) is 1.22. The maximum absolute atomic E-state index is 9.43. The van der Waals surface area contributed by atoms with Crippen LogP contribution in [0.4, 0.5) is 0 Å². The van der Waals surface area contributed by atoms with Gasteiger partial charge in [-0.1, -0.05) is 6.42 Å². The molecule has 1 N–H and O–H groups in total. The molecular formula is C12H14O2. The summed E-state index contributed by atoms with van der Waals surface area (Å²) < 4.78 is 5.85. The van der Waals surface area contributed by atoms with Gasteiger partial charge in [0.2, 0.25) is 0 Å². The Bertz CT molecular complexity index is 359. The van der Waals surface area contributed by atoms with E-state index in [4.69, 9.17) is 4.74 Å². The number of hydrogen-bond acceptors (Lipinski definition) is 2. The van der Waals surface area contributed by atoms with Crippen molar-refractivity contribution in [1.82, 2.24) is 0 Å². The van der Waals surface area contributed by atoms with Crippen molar-refractivity contribution in [2.75, 3.05) is 0 Å². The predicted molar refractivity (Wildman–Crippen MR) is 53.7 cm³/mol. The first-order chi connectivity index (χ1) is 6.84. The molecule has 1 aliphatic heterocycles. The molecule has 1 aromatic rings. The van der Waals surface area contributed by atoms with Crippen molar-refractivity contribution in [1.29, 1.82) is 0 Å². The van der Waals surface area contributed by atoms with Crippen molar-refractivity contribution in [3.63, 3.8) is 0 Å². The van der Waals surface area contributed by atoms with Crippen LogP contribution in [0.15, 0.2) is 18.2 Å². The third kappa shape index (κ3) is 1.10. The highest BCUT2D eigenvalue weighted by Crippen LogP contribution is 2.46. The van der Waals surface area contributed by atoms with E-state index in [-0.39, 0.29) is 0 Å². The molecule has 0 saturated heterocycles. The van der Waals surface area contributed by atoms with E-state index >= 15 is 0 Å². The minimum atomic E-state index is 0.360. The average Bonchev–Trinajstić information content (AvgIpc) is 2.56. The summed E-state index contributed by atoms with van der Waals surface area (Å²) in [7, 11) is 0. The number of phenolic OH excluding ortho intramolecular Hbond substituents is 1. The Labute approximate surface area is 83.5 Å². The first kappa shape index (κ1) is 8.16. The monoisotopic (exact) mass is 190 g/mol. The van der Waals surface area contributed by atoms with Gasteiger partial charge in [-0.2, -0.15) is 0 Å². The highest BCUT2D eigenvalue weighted by molar-refractivity contribution is 5.45. The van der Waals surface area contributed by atoms with Gasteiger partial charge in [-0.05, 0) is 37.5 Å². The van der Waals surface area contributed by atoms with Crippen LogP contribution in [0.1, 0.15) is 37.2 Å². The minimum absolute atomic E-state index is 0.360. The summed E-state index contributed by atoms with van der Waals surface area (Å²) in [4.78, 5) is 0. The molecule has 0 amide bonds. The molecule has 0 bridgehead atoms. The Morgan fingerprint density at radius 3 is 3.00 bits per heavy atom. The molecule has 1 saturated carbocycles. The highest BCUT2D eigenvalue weighted by atomic mass is 16.5. The van der Waals surface area contributed by atoms with E-state index in [1.165, 1.54) is 31.2 Å². The van der Waals surface area contributed by atoms with Crippen molar-refractivity contribution in [2.45, 2.75) is 37.7 Å². The van der Waals surface area contributed by atoms with Crippen LogP contribution in [-0.2, 0) is 0 Å². The lowest BCUT2D eigenvalue weighted by Gasteiger charge is -2.23. The zero-order chi connectivity index (χ0) is 9.54. The van der Waals surface area contributed by atoms with E-state index in [1.807, 2.05) is 12.1 Å². The van der Waals surface area contributed by atoms with Crippen molar-refractivity contribution >= 4 is 0 Å². The molecule has 2 atom stereocenters. The Balaban J connectivity index is 2.02. The molecule has 0 aromatic heterocycles. The summed E-state index contributed by atoms with van der Waals surface area (Å²) in [6.07, 6.45) is 5.32. The number of benzene rings is 1. The minimum Gasteiger partial charge on any atom is -0.508 e. The van der Waals surface area contributed by atoms with Gasteiger partial charge in [0, 0.05) is 11.5 Å². The zero-order valence-corrected chi connectivity index (χ0v) is 8.07. The standard InChI is InChI=1S/C12H14O2/c13-8-5-6-12-10(7-8)9-3-1-2-4-11(9)14-12/h5-7,9,11,13H,1-4H2. The van der Waals surface area contributed by atoms with Crippen molar-refractivity contribution < 1.29 is 9.84 Å². The van der Waals surface area contributed by atoms with Gasteiger partial charge in [0.1, 0.15) is 17.6 Å². The molecule has 3 rings (SSSR count). The molecule has 1 fully saturated rings. The first-order valence-corrected chi connectivity index (χ1v) is 5.34. The topological polar surface area (TPSA) is 29.5 Å². The Hall–Kier alpha value is -1.18. The third-order valence-electron chi connectivity index (χ3n) is 3.37. The summed E-state index contributed by atoms with van der Waals surface area (Å²) in [6.45, 7) is 0. The van der Waals surface area contributed by atoms with E-state index in [9.17, 15) is 5.11 Å². The van der Waals surface area contributed by atoms with E-state index in [2.05, 4.69) is 0 Å². The van der Waals surface area contributed by atoms with Crippen LogP contribution in [0.3, 0.4) is 0 Å². The molecule has 0 radical (unpaired) electrons. The molecule has 2 heteroatoms. The molecule has 2 nitrogen and oxygen atoms in total. The molecule has 1 aromatic carbocycles. The molecule has 1 aliphatic carbocycles. The van der Waals surface area contributed by atoms with E-state index in [1.54, 1.807) is 6.07 Å².